The quantitative estimate of drug-likeness (QED) is 0.266. The highest BCUT2D eigenvalue weighted by molar-refractivity contribution is 6.51. The van der Waals surface area contributed by atoms with Crippen LogP contribution in [0.15, 0.2) is 64.6 Å². The third-order valence-electron chi connectivity index (χ3n) is 5.40. The van der Waals surface area contributed by atoms with Gasteiger partial charge in [0, 0.05) is 16.8 Å². The van der Waals surface area contributed by atoms with E-state index in [0.29, 0.717) is 46.9 Å². The van der Waals surface area contributed by atoms with Gasteiger partial charge in [-0.3, -0.25) is 14.5 Å². The molecule has 0 radical (unpaired) electrons. The minimum atomic E-state index is -0.976. The van der Waals surface area contributed by atoms with Gasteiger partial charge in [-0.1, -0.05) is 11.6 Å². The van der Waals surface area contributed by atoms with Crippen LogP contribution in [0.1, 0.15) is 37.0 Å². The van der Waals surface area contributed by atoms with Crippen LogP contribution in [0.25, 0.3) is 5.76 Å². The van der Waals surface area contributed by atoms with Gasteiger partial charge in [-0.05, 0) is 69.3 Å². The van der Waals surface area contributed by atoms with Crippen molar-refractivity contribution in [1.29, 1.82) is 0 Å². The highest BCUT2D eigenvalue weighted by Gasteiger charge is 2.48. The SMILES string of the molecule is CCOc1ccc(/C(O)=C2/C(=O)C(=O)N(c3ccc(Cl)cc3)C2c2ccc(C)o2)c(OCC)c1. The second-order valence-corrected chi connectivity index (χ2v) is 8.05. The predicted octanol–water partition coefficient (Wildman–Crippen LogP) is 5.67. The Balaban J connectivity index is 1.92. The van der Waals surface area contributed by atoms with E-state index in [2.05, 4.69) is 0 Å². The highest BCUT2D eigenvalue weighted by atomic mass is 35.5. The molecule has 2 heterocycles. The van der Waals surface area contributed by atoms with Gasteiger partial charge in [0.2, 0.25) is 0 Å². The first-order valence-corrected chi connectivity index (χ1v) is 11.3. The number of carbonyl (C=O) groups is 2. The van der Waals surface area contributed by atoms with E-state index in [0.717, 1.165) is 0 Å². The molecule has 1 saturated heterocycles. The molecule has 7 nitrogen and oxygen atoms in total. The molecule has 0 saturated carbocycles. The van der Waals surface area contributed by atoms with Crippen LogP contribution in [-0.4, -0.2) is 30.0 Å². The lowest BCUT2D eigenvalue weighted by Crippen LogP contribution is -2.29. The molecule has 1 aliphatic heterocycles. The average molecular weight is 482 g/mol. The summed E-state index contributed by atoms with van der Waals surface area (Å²) in [6.45, 7) is 6.22. The van der Waals surface area contributed by atoms with Crippen molar-refractivity contribution in [1.82, 2.24) is 0 Å². The van der Waals surface area contributed by atoms with Crippen molar-refractivity contribution >= 4 is 34.7 Å². The van der Waals surface area contributed by atoms with E-state index in [1.807, 2.05) is 13.8 Å². The van der Waals surface area contributed by atoms with Crippen molar-refractivity contribution in [2.24, 2.45) is 0 Å². The van der Waals surface area contributed by atoms with E-state index in [9.17, 15) is 14.7 Å². The van der Waals surface area contributed by atoms with Gasteiger partial charge in [0.05, 0.1) is 24.4 Å². The number of ether oxygens (including phenoxy) is 2. The Morgan fingerprint density at radius 1 is 1.03 bits per heavy atom. The Morgan fingerprint density at radius 2 is 1.74 bits per heavy atom. The van der Waals surface area contributed by atoms with E-state index in [-0.39, 0.29) is 16.9 Å². The highest BCUT2D eigenvalue weighted by Crippen LogP contribution is 2.44. The number of anilines is 1. The molecule has 2 aromatic carbocycles. The van der Waals surface area contributed by atoms with Crippen molar-refractivity contribution < 1.29 is 28.6 Å². The smallest absolute Gasteiger partial charge is 0.300 e. The summed E-state index contributed by atoms with van der Waals surface area (Å²) in [6, 6.07) is 13.9. The number of hydrogen-bond acceptors (Lipinski definition) is 6. The monoisotopic (exact) mass is 481 g/mol. The van der Waals surface area contributed by atoms with Gasteiger partial charge in [-0.15, -0.1) is 0 Å². The number of halogens is 1. The van der Waals surface area contributed by atoms with Gasteiger partial charge < -0.3 is 19.0 Å². The molecular weight excluding hydrogens is 458 g/mol. The molecule has 34 heavy (non-hydrogen) atoms. The van der Waals surface area contributed by atoms with Crippen molar-refractivity contribution in [2.75, 3.05) is 18.1 Å². The van der Waals surface area contributed by atoms with Gasteiger partial charge in [0.15, 0.2) is 0 Å². The van der Waals surface area contributed by atoms with Crippen LogP contribution in [0.5, 0.6) is 11.5 Å². The number of aryl methyl sites for hydroxylation is 1. The number of nitrogens with zero attached hydrogens (tertiary/aromatic N) is 1. The number of rotatable bonds is 7. The summed E-state index contributed by atoms with van der Waals surface area (Å²) in [6.07, 6.45) is 0. The summed E-state index contributed by atoms with van der Waals surface area (Å²) in [5.74, 6) is -0.139. The fourth-order valence-electron chi connectivity index (χ4n) is 3.94. The van der Waals surface area contributed by atoms with Gasteiger partial charge in [0.1, 0.15) is 34.8 Å². The fraction of sp³-hybridized carbons (Fsp3) is 0.231. The number of aliphatic hydroxyl groups is 1. The maximum Gasteiger partial charge on any atom is 0.300 e. The first kappa shape index (κ1) is 23.4. The zero-order valence-corrected chi connectivity index (χ0v) is 19.8. The van der Waals surface area contributed by atoms with Crippen LogP contribution in [0.2, 0.25) is 5.02 Å². The molecule has 1 aromatic heterocycles. The summed E-state index contributed by atoms with van der Waals surface area (Å²) < 4.78 is 17.1. The number of hydrogen-bond donors (Lipinski definition) is 1. The average Bonchev–Trinajstić information content (AvgIpc) is 3.35. The predicted molar refractivity (Wildman–Crippen MR) is 128 cm³/mol. The topological polar surface area (TPSA) is 89.2 Å². The Labute approximate surface area is 202 Å². The lowest BCUT2D eigenvalue weighted by molar-refractivity contribution is -0.132. The summed E-state index contributed by atoms with van der Waals surface area (Å²) in [5.41, 5.74) is 0.619. The van der Waals surface area contributed by atoms with Gasteiger partial charge in [-0.2, -0.15) is 0 Å². The Hall–Kier alpha value is -3.71. The van der Waals surface area contributed by atoms with E-state index in [4.69, 9.17) is 25.5 Å². The van der Waals surface area contributed by atoms with Crippen LogP contribution >= 0.6 is 11.6 Å². The molecular formula is C26H24ClNO6. The van der Waals surface area contributed by atoms with Crippen LogP contribution in [0.4, 0.5) is 5.69 Å². The van der Waals surface area contributed by atoms with Crippen molar-refractivity contribution in [3.63, 3.8) is 0 Å². The normalized spacial score (nSPS) is 17.3. The van der Waals surface area contributed by atoms with Crippen LogP contribution < -0.4 is 14.4 Å². The molecule has 8 heteroatoms. The van der Waals surface area contributed by atoms with E-state index < -0.39 is 17.7 Å². The standard InChI is InChI=1S/C26H24ClNO6/c1-4-32-18-11-12-19(21(14-18)33-5-2)24(29)22-23(20-13-6-15(3)34-20)28(26(31)25(22)30)17-9-7-16(27)8-10-17/h6-14,23,29H,4-5H2,1-3H3/b24-22-. The van der Waals surface area contributed by atoms with Crippen molar-refractivity contribution in [2.45, 2.75) is 26.8 Å². The molecule has 1 fully saturated rings. The zero-order chi connectivity index (χ0) is 24.4. The third kappa shape index (κ3) is 4.26. The molecule has 4 rings (SSSR count). The number of aliphatic hydroxyl groups excluding tert-OH is 1. The molecule has 1 atom stereocenters. The number of ketones is 1. The Kier molecular flexibility index (Phi) is 6.65. The molecule has 176 valence electrons. The molecule has 3 aromatic rings. The second-order valence-electron chi connectivity index (χ2n) is 7.62. The Bertz CT molecular complexity index is 1260. The zero-order valence-electron chi connectivity index (χ0n) is 19.0. The summed E-state index contributed by atoms with van der Waals surface area (Å²) in [4.78, 5) is 27.7. The van der Waals surface area contributed by atoms with Crippen LogP contribution in [0, 0.1) is 6.92 Å². The second kappa shape index (κ2) is 9.65. The fourth-order valence-corrected chi connectivity index (χ4v) is 4.07. The summed E-state index contributed by atoms with van der Waals surface area (Å²) in [5, 5.41) is 11.9. The number of Topliss-reactive ketones (excluding diaryl/α,β-unsaturated/α-hetero) is 1. The van der Waals surface area contributed by atoms with Gasteiger partial charge >= 0.3 is 0 Å². The number of benzene rings is 2. The molecule has 1 amide bonds. The summed E-state index contributed by atoms with van der Waals surface area (Å²) in [7, 11) is 0. The van der Waals surface area contributed by atoms with Crippen molar-refractivity contribution in [3.05, 3.63) is 82.3 Å². The molecule has 1 N–H and O–H groups in total. The van der Waals surface area contributed by atoms with E-state index >= 15 is 0 Å². The minimum Gasteiger partial charge on any atom is -0.507 e. The van der Waals surface area contributed by atoms with Gasteiger partial charge in [-0.25, -0.2) is 0 Å². The van der Waals surface area contributed by atoms with Gasteiger partial charge in [0.25, 0.3) is 11.7 Å². The number of carbonyl (C=O) groups excluding carboxylic acids is 2. The van der Waals surface area contributed by atoms with Crippen molar-refractivity contribution in [3.8, 4) is 11.5 Å². The molecule has 0 spiro atoms. The number of furan rings is 1. The maximum absolute atomic E-state index is 13.3. The lowest BCUT2D eigenvalue weighted by Gasteiger charge is -2.23. The largest absolute Gasteiger partial charge is 0.507 e. The summed E-state index contributed by atoms with van der Waals surface area (Å²) >= 11 is 6.02. The third-order valence-corrected chi connectivity index (χ3v) is 5.65. The lowest BCUT2D eigenvalue weighted by atomic mass is 9.98. The van der Waals surface area contributed by atoms with E-state index in [1.165, 1.54) is 4.90 Å². The minimum absolute atomic E-state index is 0.0978. The molecule has 0 aliphatic carbocycles. The van der Waals surface area contributed by atoms with Crippen LogP contribution in [-0.2, 0) is 9.59 Å². The maximum atomic E-state index is 13.3. The molecule has 0 bridgehead atoms. The molecule has 1 aliphatic rings. The first-order chi connectivity index (χ1) is 16.3. The first-order valence-electron chi connectivity index (χ1n) is 10.9. The Morgan fingerprint density at radius 3 is 2.35 bits per heavy atom. The molecule has 1 unspecified atom stereocenters. The van der Waals surface area contributed by atoms with Crippen LogP contribution in [0.3, 0.4) is 0 Å². The van der Waals surface area contributed by atoms with E-state index in [1.54, 1.807) is 61.5 Å². The number of amides is 1.